The minimum atomic E-state index is -4.17. The third kappa shape index (κ3) is 3.56. The highest BCUT2D eigenvalue weighted by atomic mass is 79.9. The predicted molar refractivity (Wildman–Crippen MR) is 69.0 cm³/mol. The lowest BCUT2D eigenvalue weighted by atomic mass is 10.2. The van der Waals surface area contributed by atoms with Crippen LogP contribution in [-0.2, 0) is 0 Å². The van der Waals surface area contributed by atoms with Crippen LogP contribution >= 0.6 is 15.9 Å². The molecule has 1 aliphatic rings. The van der Waals surface area contributed by atoms with Gasteiger partial charge in [-0.1, -0.05) is 0 Å². The van der Waals surface area contributed by atoms with Gasteiger partial charge >= 0.3 is 6.18 Å². The average Bonchev–Trinajstić information content (AvgIpc) is 2.38. The van der Waals surface area contributed by atoms with E-state index < -0.39 is 12.2 Å². The van der Waals surface area contributed by atoms with E-state index in [1.807, 2.05) is 4.90 Å². The number of halogens is 4. The molecule has 0 bridgehead atoms. The summed E-state index contributed by atoms with van der Waals surface area (Å²) >= 11 is 3.24. The quantitative estimate of drug-likeness (QED) is 0.828. The third-order valence-corrected chi connectivity index (χ3v) is 3.63. The maximum Gasteiger partial charge on any atom is 0.403 e. The second-order valence-electron chi connectivity index (χ2n) is 4.44. The van der Waals surface area contributed by atoms with Crippen LogP contribution in [0.15, 0.2) is 16.9 Å². The van der Waals surface area contributed by atoms with E-state index in [2.05, 4.69) is 25.9 Å². The fraction of sp³-hybridized carbons (Fsp3) is 0.636. The van der Waals surface area contributed by atoms with Crippen molar-refractivity contribution in [2.45, 2.75) is 19.1 Å². The van der Waals surface area contributed by atoms with Crippen molar-refractivity contribution in [3.8, 4) is 0 Å². The minimum absolute atomic E-state index is 0.361. The van der Waals surface area contributed by atoms with Gasteiger partial charge in [0.05, 0.1) is 4.47 Å². The fourth-order valence-electron chi connectivity index (χ4n) is 1.99. The molecule has 106 valence electrons. The molecular formula is C11H14BrF3N4. The Morgan fingerprint density at radius 1 is 1.16 bits per heavy atom. The molecule has 4 nitrogen and oxygen atoms in total. The normalized spacial score (nSPS) is 19.5. The zero-order valence-electron chi connectivity index (χ0n) is 10.4. The van der Waals surface area contributed by atoms with Gasteiger partial charge in [-0.2, -0.15) is 13.2 Å². The van der Waals surface area contributed by atoms with E-state index in [0.717, 1.165) is 4.47 Å². The Morgan fingerprint density at radius 3 is 2.16 bits per heavy atom. The van der Waals surface area contributed by atoms with E-state index in [-0.39, 0.29) is 0 Å². The Hall–Kier alpha value is -0.890. The highest BCUT2D eigenvalue weighted by Gasteiger charge is 2.40. The number of piperazine rings is 1. The van der Waals surface area contributed by atoms with Crippen LogP contribution in [0.25, 0.3) is 0 Å². The van der Waals surface area contributed by atoms with Gasteiger partial charge in [-0.05, 0) is 22.9 Å². The van der Waals surface area contributed by atoms with Gasteiger partial charge in [0.2, 0.25) is 5.95 Å². The molecule has 1 fully saturated rings. The van der Waals surface area contributed by atoms with Gasteiger partial charge < -0.3 is 4.90 Å². The molecule has 0 spiro atoms. The second kappa shape index (κ2) is 5.62. The summed E-state index contributed by atoms with van der Waals surface area (Å²) in [7, 11) is 0. The van der Waals surface area contributed by atoms with Crippen molar-refractivity contribution < 1.29 is 13.2 Å². The number of rotatable bonds is 2. The standard InChI is InChI=1S/C11H14BrF3N4/c1-8(11(13,14)15)18-2-4-19(5-3-18)10-16-6-9(12)7-17-10/h6-8H,2-5H2,1H3. The van der Waals surface area contributed by atoms with Crippen LogP contribution in [0.3, 0.4) is 0 Å². The fourth-order valence-corrected chi connectivity index (χ4v) is 2.19. The first-order chi connectivity index (χ1) is 8.88. The van der Waals surface area contributed by atoms with Gasteiger partial charge in [0.15, 0.2) is 0 Å². The Labute approximate surface area is 117 Å². The van der Waals surface area contributed by atoms with Crippen molar-refractivity contribution in [2.75, 3.05) is 31.1 Å². The molecule has 19 heavy (non-hydrogen) atoms. The van der Waals surface area contributed by atoms with Crippen molar-refractivity contribution in [1.29, 1.82) is 0 Å². The molecule has 1 aliphatic heterocycles. The van der Waals surface area contributed by atoms with Crippen molar-refractivity contribution >= 4 is 21.9 Å². The van der Waals surface area contributed by atoms with E-state index in [4.69, 9.17) is 0 Å². The van der Waals surface area contributed by atoms with Gasteiger partial charge in [-0.25, -0.2) is 9.97 Å². The van der Waals surface area contributed by atoms with E-state index in [0.29, 0.717) is 32.1 Å². The Morgan fingerprint density at radius 2 is 1.68 bits per heavy atom. The van der Waals surface area contributed by atoms with Crippen LogP contribution in [-0.4, -0.2) is 53.3 Å². The summed E-state index contributed by atoms with van der Waals surface area (Å²) in [6.07, 6.45) is -0.906. The summed E-state index contributed by atoms with van der Waals surface area (Å²) in [6, 6.07) is -1.40. The summed E-state index contributed by atoms with van der Waals surface area (Å²) in [6.45, 7) is 2.93. The number of anilines is 1. The van der Waals surface area contributed by atoms with Crippen LogP contribution in [0, 0.1) is 0 Å². The minimum Gasteiger partial charge on any atom is -0.338 e. The highest BCUT2D eigenvalue weighted by molar-refractivity contribution is 9.10. The summed E-state index contributed by atoms with van der Waals surface area (Å²) in [4.78, 5) is 11.6. The van der Waals surface area contributed by atoms with Crippen LogP contribution < -0.4 is 4.90 Å². The van der Waals surface area contributed by atoms with E-state index in [9.17, 15) is 13.2 Å². The number of hydrogen-bond donors (Lipinski definition) is 0. The highest BCUT2D eigenvalue weighted by Crippen LogP contribution is 2.25. The molecule has 1 aromatic rings. The number of nitrogens with zero attached hydrogens (tertiary/aromatic N) is 4. The Bertz CT molecular complexity index is 415. The maximum atomic E-state index is 12.6. The summed E-state index contributed by atoms with van der Waals surface area (Å²) < 4.78 is 38.6. The molecule has 0 radical (unpaired) electrons. The molecule has 0 N–H and O–H groups in total. The lowest BCUT2D eigenvalue weighted by molar-refractivity contribution is -0.179. The third-order valence-electron chi connectivity index (χ3n) is 3.23. The van der Waals surface area contributed by atoms with Gasteiger partial charge in [0.25, 0.3) is 0 Å². The van der Waals surface area contributed by atoms with Gasteiger partial charge in [0.1, 0.15) is 6.04 Å². The second-order valence-corrected chi connectivity index (χ2v) is 5.36. The van der Waals surface area contributed by atoms with Crippen molar-refractivity contribution in [3.63, 3.8) is 0 Å². The number of alkyl halides is 3. The van der Waals surface area contributed by atoms with Crippen molar-refractivity contribution in [2.24, 2.45) is 0 Å². The average molecular weight is 339 g/mol. The SMILES string of the molecule is CC(N1CCN(c2ncc(Br)cn2)CC1)C(F)(F)F. The smallest absolute Gasteiger partial charge is 0.338 e. The first-order valence-corrected chi connectivity index (χ1v) is 6.70. The molecule has 0 aromatic carbocycles. The predicted octanol–water partition coefficient (Wildman–Crippen LogP) is 2.31. The van der Waals surface area contributed by atoms with Crippen molar-refractivity contribution in [3.05, 3.63) is 16.9 Å². The summed E-state index contributed by atoms with van der Waals surface area (Å²) in [5, 5.41) is 0. The molecule has 0 amide bonds. The van der Waals surface area contributed by atoms with Gasteiger partial charge in [-0.3, -0.25) is 4.90 Å². The largest absolute Gasteiger partial charge is 0.403 e. The van der Waals surface area contributed by atoms with E-state index in [1.165, 1.54) is 11.8 Å². The molecule has 1 saturated heterocycles. The lowest BCUT2D eigenvalue weighted by Crippen LogP contribution is -2.54. The molecule has 0 saturated carbocycles. The Balaban J connectivity index is 1.94. The van der Waals surface area contributed by atoms with Crippen molar-refractivity contribution in [1.82, 2.24) is 14.9 Å². The molecule has 2 heterocycles. The number of aromatic nitrogens is 2. The van der Waals surface area contributed by atoms with Gasteiger partial charge in [0, 0.05) is 38.6 Å². The molecule has 0 aliphatic carbocycles. The topological polar surface area (TPSA) is 32.3 Å². The van der Waals surface area contributed by atoms with E-state index >= 15 is 0 Å². The zero-order valence-corrected chi connectivity index (χ0v) is 11.9. The molecule has 1 unspecified atom stereocenters. The molecular weight excluding hydrogens is 325 g/mol. The maximum absolute atomic E-state index is 12.6. The molecule has 2 rings (SSSR count). The van der Waals surface area contributed by atoms with E-state index in [1.54, 1.807) is 12.4 Å². The summed E-state index contributed by atoms with van der Waals surface area (Å²) in [5.74, 6) is 0.558. The van der Waals surface area contributed by atoms with Gasteiger partial charge in [-0.15, -0.1) is 0 Å². The number of hydrogen-bond acceptors (Lipinski definition) is 4. The first kappa shape index (κ1) is 14.5. The molecule has 1 atom stereocenters. The van der Waals surface area contributed by atoms with Crippen LogP contribution in [0.2, 0.25) is 0 Å². The monoisotopic (exact) mass is 338 g/mol. The van der Waals surface area contributed by atoms with Crippen LogP contribution in [0.4, 0.5) is 19.1 Å². The Kier molecular flexibility index (Phi) is 4.29. The molecule has 8 heteroatoms. The molecule has 1 aromatic heterocycles. The summed E-state index contributed by atoms with van der Waals surface area (Å²) in [5.41, 5.74) is 0. The zero-order chi connectivity index (χ0) is 14.0. The first-order valence-electron chi connectivity index (χ1n) is 5.91. The lowest BCUT2D eigenvalue weighted by Gasteiger charge is -2.38. The van der Waals surface area contributed by atoms with Crippen LogP contribution in [0.5, 0.6) is 0 Å². The van der Waals surface area contributed by atoms with Crippen LogP contribution in [0.1, 0.15) is 6.92 Å².